The van der Waals surface area contributed by atoms with E-state index in [9.17, 15) is 9.59 Å². The van der Waals surface area contributed by atoms with Crippen LogP contribution in [0.4, 0.5) is 4.79 Å². The van der Waals surface area contributed by atoms with Crippen LogP contribution in [-0.4, -0.2) is 47.8 Å². The fourth-order valence-electron chi connectivity index (χ4n) is 2.09. The van der Waals surface area contributed by atoms with Gasteiger partial charge in [-0.15, -0.1) is 0 Å². The van der Waals surface area contributed by atoms with E-state index in [1.54, 1.807) is 0 Å². The Morgan fingerprint density at radius 2 is 2.20 bits per heavy atom. The molecule has 1 saturated carbocycles. The van der Waals surface area contributed by atoms with Crippen molar-refractivity contribution >= 4 is 12.3 Å². The number of aldehydes is 1. The molecule has 84 valence electrons. The molecule has 2 rings (SSSR count). The molecule has 0 bridgehead atoms. The van der Waals surface area contributed by atoms with Gasteiger partial charge in [-0.1, -0.05) is 6.92 Å². The number of carbonyl (C=O) groups is 2. The Kier molecular flexibility index (Phi) is 2.93. The van der Waals surface area contributed by atoms with Crippen LogP contribution in [0.1, 0.15) is 26.2 Å². The summed E-state index contributed by atoms with van der Waals surface area (Å²) in [6.07, 6.45) is 4.27. The lowest BCUT2D eigenvalue weighted by Gasteiger charge is -2.36. The zero-order chi connectivity index (χ0) is 10.8. The first-order valence-electron chi connectivity index (χ1n) is 5.73. The third-order valence-corrected chi connectivity index (χ3v) is 3.07. The van der Waals surface area contributed by atoms with E-state index in [-0.39, 0.29) is 11.9 Å². The third kappa shape index (κ3) is 2.30. The van der Waals surface area contributed by atoms with Crippen molar-refractivity contribution in [3.8, 4) is 0 Å². The van der Waals surface area contributed by atoms with Gasteiger partial charge in [-0.05, 0) is 19.3 Å². The summed E-state index contributed by atoms with van der Waals surface area (Å²) in [6.45, 7) is 4.14. The summed E-state index contributed by atoms with van der Waals surface area (Å²) in [5.41, 5.74) is 0. The number of hydrogen-bond acceptors (Lipinski definition) is 2. The largest absolute Gasteiger partial charge is 0.324 e. The van der Waals surface area contributed by atoms with Crippen LogP contribution >= 0.6 is 0 Å². The van der Waals surface area contributed by atoms with Crippen LogP contribution in [0, 0.1) is 5.92 Å². The Labute approximate surface area is 90.2 Å². The van der Waals surface area contributed by atoms with Crippen molar-refractivity contribution < 1.29 is 9.59 Å². The first kappa shape index (κ1) is 10.5. The monoisotopic (exact) mass is 210 g/mol. The highest BCUT2D eigenvalue weighted by Crippen LogP contribution is 2.29. The second-order valence-electron chi connectivity index (χ2n) is 4.62. The van der Waals surface area contributed by atoms with E-state index in [2.05, 4.69) is 0 Å². The minimum Gasteiger partial charge on any atom is -0.324 e. The topological polar surface area (TPSA) is 40.6 Å². The van der Waals surface area contributed by atoms with E-state index in [0.717, 1.165) is 38.6 Å². The molecule has 1 aliphatic heterocycles. The van der Waals surface area contributed by atoms with Crippen LogP contribution in [0.5, 0.6) is 0 Å². The molecular weight excluding hydrogens is 192 g/mol. The molecule has 2 amide bonds. The van der Waals surface area contributed by atoms with Gasteiger partial charge in [-0.3, -0.25) is 0 Å². The van der Waals surface area contributed by atoms with Crippen LogP contribution in [0.3, 0.4) is 0 Å². The van der Waals surface area contributed by atoms with Gasteiger partial charge in [0.2, 0.25) is 0 Å². The fourth-order valence-corrected chi connectivity index (χ4v) is 2.09. The zero-order valence-corrected chi connectivity index (χ0v) is 9.19. The van der Waals surface area contributed by atoms with Crippen LogP contribution in [-0.2, 0) is 4.79 Å². The van der Waals surface area contributed by atoms with Crippen LogP contribution in [0.25, 0.3) is 0 Å². The maximum absolute atomic E-state index is 12.0. The average Bonchev–Trinajstić information content (AvgIpc) is 3.04. The Hall–Kier alpha value is -1.06. The van der Waals surface area contributed by atoms with Gasteiger partial charge in [0.05, 0.1) is 0 Å². The predicted octanol–water partition coefficient (Wildman–Crippen LogP) is 1.11. The highest BCUT2D eigenvalue weighted by Gasteiger charge is 2.36. The smallest absolute Gasteiger partial charge is 0.320 e. The van der Waals surface area contributed by atoms with Crippen molar-refractivity contribution in [2.75, 3.05) is 19.6 Å². The van der Waals surface area contributed by atoms with Crippen molar-refractivity contribution in [3.05, 3.63) is 0 Å². The average molecular weight is 210 g/mol. The van der Waals surface area contributed by atoms with Gasteiger partial charge in [0.25, 0.3) is 0 Å². The van der Waals surface area contributed by atoms with E-state index < -0.39 is 0 Å². The summed E-state index contributed by atoms with van der Waals surface area (Å²) in [4.78, 5) is 26.3. The summed E-state index contributed by atoms with van der Waals surface area (Å²) < 4.78 is 0. The summed E-state index contributed by atoms with van der Waals surface area (Å²) >= 11 is 0. The molecule has 1 saturated heterocycles. The minimum absolute atomic E-state index is 0.0481. The Bertz CT molecular complexity index is 263. The minimum atomic E-state index is -0.0481. The SMILES string of the molecule is CC(C=O)CN1CCCN(C2CC2)C1=O. The van der Waals surface area contributed by atoms with Crippen molar-refractivity contribution in [3.63, 3.8) is 0 Å². The van der Waals surface area contributed by atoms with Crippen LogP contribution < -0.4 is 0 Å². The molecule has 1 aliphatic carbocycles. The molecule has 0 aromatic heterocycles. The number of amides is 2. The lowest BCUT2D eigenvalue weighted by molar-refractivity contribution is -0.111. The van der Waals surface area contributed by atoms with E-state index in [0.29, 0.717) is 12.6 Å². The van der Waals surface area contributed by atoms with Crippen molar-refractivity contribution in [2.45, 2.75) is 32.2 Å². The van der Waals surface area contributed by atoms with E-state index >= 15 is 0 Å². The zero-order valence-electron chi connectivity index (χ0n) is 9.19. The quantitative estimate of drug-likeness (QED) is 0.652. The molecule has 1 atom stereocenters. The molecule has 15 heavy (non-hydrogen) atoms. The standard InChI is InChI=1S/C11H18N2O2/c1-9(8-14)7-12-5-2-6-13(11(12)15)10-3-4-10/h8-10H,2-7H2,1H3. The number of rotatable bonds is 4. The summed E-state index contributed by atoms with van der Waals surface area (Å²) in [6, 6.07) is 0.629. The van der Waals surface area contributed by atoms with Gasteiger partial charge in [0, 0.05) is 31.6 Å². The Balaban J connectivity index is 1.93. The Morgan fingerprint density at radius 1 is 1.47 bits per heavy atom. The maximum atomic E-state index is 12.0. The maximum Gasteiger partial charge on any atom is 0.320 e. The third-order valence-electron chi connectivity index (χ3n) is 3.07. The number of carbonyl (C=O) groups excluding carboxylic acids is 2. The molecular formula is C11H18N2O2. The molecule has 0 spiro atoms. The highest BCUT2D eigenvalue weighted by molar-refractivity contribution is 5.76. The van der Waals surface area contributed by atoms with Gasteiger partial charge in [-0.2, -0.15) is 0 Å². The first-order valence-corrected chi connectivity index (χ1v) is 5.73. The molecule has 0 radical (unpaired) electrons. The highest BCUT2D eigenvalue weighted by atomic mass is 16.2. The molecule has 4 heteroatoms. The van der Waals surface area contributed by atoms with Gasteiger partial charge >= 0.3 is 6.03 Å². The van der Waals surface area contributed by atoms with E-state index in [1.807, 2.05) is 16.7 Å². The summed E-state index contributed by atoms with van der Waals surface area (Å²) in [7, 11) is 0. The molecule has 0 N–H and O–H groups in total. The first-order chi connectivity index (χ1) is 7.22. The molecule has 1 heterocycles. The van der Waals surface area contributed by atoms with Gasteiger partial charge in [0.1, 0.15) is 6.29 Å². The van der Waals surface area contributed by atoms with Gasteiger partial charge in [0.15, 0.2) is 0 Å². The number of nitrogens with zero attached hydrogens (tertiary/aromatic N) is 2. The van der Waals surface area contributed by atoms with Gasteiger partial charge in [-0.25, -0.2) is 4.79 Å². The lowest BCUT2D eigenvalue weighted by Crippen LogP contribution is -2.51. The molecule has 0 aromatic carbocycles. The molecule has 1 unspecified atom stereocenters. The van der Waals surface area contributed by atoms with Crippen molar-refractivity contribution in [1.29, 1.82) is 0 Å². The van der Waals surface area contributed by atoms with Crippen LogP contribution in [0.15, 0.2) is 0 Å². The molecule has 4 nitrogen and oxygen atoms in total. The number of hydrogen-bond donors (Lipinski definition) is 0. The second-order valence-corrected chi connectivity index (χ2v) is 4.62. The Morgan fingerprint density at radius 3 is 2.80 bits per heavy atom. The summed E-state index contributed by atoms with van der Waals surface area (Å²) in [5.74, 6) is -0.0481. The van der Waals surface area contributed by atoms with Gasteiger partial charge < -0.3 is 14.6 Å². The fraction of sp³-hybridized carbons (Fsp3) is 0.818. The van der Waals surface area contributed by atoms with E-state index in [4.69, 9.17) is 0 Å². The predicted molar refractivity (Wildman–Crippen MR) is 56.5 cm³/mol. The number of urea groups is 1. The summed E-state index contributed by atoms with van der Waals surface area (Å²) in [5, 5.41) is 0. The van der Waals surface area contributed by atoms with E-state index in [1.165, 1.54) is 0 Å². The van der Waals surface area contributed by atoms with Crippen molar-refractivity contribution in [1.82, 2.24) is 9.80 Å². The molecule has 2 aliphatic rings. The van der Waals surface area contributed by atoms with Crippen LogP contribution in [0.2, 0.25) is 0 Å². The second kappa shape index (κ2) is 4.21. The lowest BCUT2D eigenvalue weighted by atomic mass is 10.2. The van der Waals surface area contributed by atoms with Crippen molar-refractivity contribution in [2.24, 2.45) is 5.92 Å². The molecule has 0 aromatic rings. The normalized spacial score (nSPS) is 24.2. The molecule has 2 fully saturated rings.